The van der Waals surface area contributed by atoms with Gasteiger partial charge in [-0.25, -0.2) is 4.98 Å². The fraction of sp³-hybridized carbons (Fsp3) is 0.368. The van der Waals surface area contributed by atoms with Gasteiger partial charge in [0.2, 0.25) is 0 Å². The van der Waals surface area contributed by atoms with Gasteiger partial charge in [-0.15, -0.1) is 11.3 Å². The summed E-state index contributed by atoms with van der Waals surface area (Å²) in [5, 5.41) is 7.53. The highest BCUT2D eigenvalue weighted by Crippen LogP contribution is 2.30. The molecule has 3 aromatic rings. The number of hydrogen-bond acceptors (Lipinski definition) is 4. The van der Waals surface area contributed by atoms with Gasteiger partial charge in [0.05, 0.1) is 16.8 Å². The number of hydrogen-bond donors (Lipinski definition) is 3. The third-order valence-corrected chi connectivity index (χ3v) is 5.05. The zero-order valence-electron chi connectivity index (χ0n) is 14.8. The van der Waals surface area contributed by atoms with E-state index in [1.165, 1.54) is 5.56 Å². The monoisotopic (exact) mass is 356 g/mol. The zero-order chi connectivity index (χ0) is 18.0. The Morgan fingerprint density at radius 3 is 2.88 bits per heavy atom. The number of H-pyrrole nitrogens is 1. The Balaban J connectivity index is 1.95. The fourth-order valence-electron chi connectivity index (χ4n) is 2.92. The average Bonchev–Trinajstić information content (AvgIpc) is 3.19. The Morgan fingerprint density at radius 1 is 1.40 bits per heavy atom. The first-order valence-electron chi connectivity index (χ1n) is 8.58. The molecule has 0 atom stereocenters. The van der Waals surface area contributed by atoms with Crippen molar-refractivity contribution < 1.29 is 4.79 Å². The first-order valence-corrected chi connectivity index (χ1v) is 9.46. The second-order valence-corrected chi connectivity index (χ2v) is 7.57. The van der Waals surface area contributed by atoms with Crippen molar-refractivity contribution in [3.05, 3.63) is 39.8 Å². The van der Waals surface area contributed by atoms with Gasteiger partial charge >= 0.3 is 0 Å². The number of benzene rings is 1. The summed E-state index contributed by atoms with van der Waals surface area (Å²) in [6.07, 6.45) is 2.84. The van der Waals surface area contributed by atoms with E-state index < -0.39 is 5.91 Å². The van der Waals surface area contributed by atoms with E-state index in [-0.39, 0.29) is 0 Å². The van der Waals surface area contributed by atoms with Crippen molar-refractivity contribution in [3.8, 4) is 11.3 Å². The number of nitrogens with two attached hydrogens (primary N) is 1. The predicted octanol–water partition coefficient (Wildman–Crippen LogP) is 3.70. The Bertz CT molecular complexity index is 894. The summed E-state index contributed by atoms with van der Waals surface area (Å²) in [4.78, 5) is 19.8. The minimum Gasteiger partial charge on any atom is -0.366 e. The summed E-state index contributed by atoms with van der Waals surface area (Å²) in [6.45, 7) is 8.20. The summed E-state index contributed by atoms with van der Waals surface area (Å²) in [5.74, 6) is 0.187. The largest absolute Gasteiger partial charge is 0.366 e. The lowest BCUT2D eigenvalue weighted by atomic mass is 10.0. The second kappa shape index (κ2) is 7.37. The van der Waals surface area contributed by atoms with Gasteiger partial charge < -0.3 is 16.0 Å². The van der Waals surface area contributed by atoms with Crippen molar-refractivity contribution in [2.45, 2.75) is 33.7 Å². The molecule has 2 heterocycles. The van der Waals surface area contributed by atoms with Crippen LogP contribution in [0.25, 0.3) is 22.2 Å². The number of aromatic nitrogens is 2. The van der Waals surface area contributed by atoms with Crippen LogP contribution in [-0.4, -0.2) is 22.4 Å². The lowest BCUT2D eigenvalue weighted by Gasteiger charge is -2.05. The molecule has 6 heteroatoms. The number of rotatable bonds is 7. The van der Waals surface area contributed by atoms with Gasteiger partial charge in [0, 0.05) is 29.1 Å². The van der Waals surface area contributed by atoms with Crippen molar-refractivity contribution in [1.82, 2.24) is 15.3 Å². The maximum absolute atomic E-state index is 11.9. The number of carbonyl (C=O) groups is 1. The van der Waals surface area contributed by atoms with Crippen LogP contribution in [-0.2, 0) is 13.0 Å². The predicted molar refractivity (Wildman–Crippen MR) is 104 cm³/mol. The number of thiazole rings is 1. The van der Waals surface area contributed by atoms with Gasteiger partial charge in [0.25, 0.3) is 5.91 Å². The fourth-order valence-corrected chi connectivity index (χ4v) is 3.69. The molecule has 0 radical (unpaired) electrons. The van der Waals surface area contributed by atoms with Gasteiger partial charge in [-0.1, -0.05) is 20.8 Å². The van der Waals surface area contributed by atoms with Crippen molar-refractivity contribution in [2.75, 3.05) is 6.54 Å². The molecule has 4 N–H and O–H groups in total. The number of fused-ring (bicyclic) bond motifs is 1. The number of amides is 1. The minimum atomic E-state index is -0.426. The van der Waals surface area contributed by atoms with E-state index in [0.717, 1.165) is 46.7 Å². The smallest absolute Gasteiger partial charge is 0.250 e. The van der Waals surface area contributed by atoms with E-state index in [9.17, 15) is 4.79 Å². The number of aryl methyl sites for hydroxylation is 1. The van der Waals surface area contributed by atoms with Crippen LogP contribution in [0.15, 0.2) is 23.7 Å². The molecule has 25 heavy (non-hydrogen) atoms. The molecule has 0 unspecified atom stereocenters. The molecular formula is C19H24N4OS. The normalized spacial score (nSPS) is 11.5. The molecule has 0 aliphatic heterocycles. The summed E-state index contributed by atoms with van der Waals surface area (Å²) in [7, 11) is 0. The number of nitrogens with one attached hydrogen (secondary N) is 2. The van der Waals surface area contributed by atoms with Crippen LogP contribution in [0.2, 0.25) is 0 Å². The van der Waals surface area contributed by atoms with Crippen LogP contribution >= 0.6 is 11.3 Å². The lowest BCUT2D eigenvalue weighted by molar-refractivity contribution is 0.100. The molecule has 1 aromatic carbocycles. The Labute approximate surface area is 151 Å². The quantitative estimate of drug-likeness (QED) is 0.603. The van der Waals surface area contributed by atoms with E-state index in [0.29, 0.717) is 11.5 Å². The molecule has 2 aromatic heterocycles. The van der Waals surface area contributed by atoms with Crippen molar-refractivity contribution in [1.29, 1.82) is 0 Å². The first-order chi connectivity index (χ1) is 12.0. The average molecular weight is 356 g/mol. The molecule has 0 saturated heterocycles. The number of carbonyl (C=O) groups excluding carboxylic acids is 1. The second-order valence-electron chi connectivity index (χ2n) is 6.63. The molecule has 0 fully saturated rings. The lowest BCUT2D eigenvalue weighted by Crippen LogP contribution is -2.18. The van der Waals surface area contributed by atoms with Crippen molar-refractivity contribution in [2.24, 2.45) is 11.7 Å². The SMILES string of the molecule is CCc1c[nH]c2c(C(N)=O)cc(-c3csc(CNCC(C)C)n3)cc12. The molecule has 132 valence electrons. The van der Waals surface area contributed by atoms with Crippen LogP contribution in [0.4, 0.5) is 0 Å². The molecule has 0 aliphatic carbocycles. The van der Waals surface area contributed by atoms with E-state index in [4.69, 9.17) is 10.7 Å². The highest BCUT2D eigenvalue weighted by atomic mass is 32.1. The maximum atomic E-state index is 11.9. The van der Waals surface area contributed by atoms with E-state index in [2.05, 4.69) is 37.1 Å². The minimum absolute atomic E-state index is 0.426. The third-order valence-electron chi connectivity index (χ3n) is 4.20. The van der Waals surface area contributed by atoms with Crippen LogP contribution in [0.5, 0.6) is 0 Å². The zero-order valence-corrected chi connectivity index (χ0v) is 15.7. The third kappa shape index (κ3) is 3.75. The molecular weight excluding hydrogens is 332 g/mol. The van der Waals surface area contributed by atoms with Crippen molar-refractivity contribution >= 4 is 28.1 Å². The highest BCUT2D eigenvalue weighted by molar-refractivity contribution is 7.09. The number of aromatic amines is 1. The van der Waals surface area contributed by atoms with Crippen LogP contribution in [0, 0.1) is 5.92 Å². The highest BCUT2D eigenvalue weighted by Gasteiger charge is 2.15. The van der Waals surface area contributed by atoms with Gasteiger partial charge in [-0.3, -0.25) is 4.79 Å². The Hall–Kier alpha value is -2.18. The molecule has 0 aliphatic rings. The molecule has 1 amide bonds. The summed E-state index contributed by atoms with van der Waals surface area (Å²) < 4.78 is 0. The summed E-state index contributed by atoms with van der Waals surface area (Å²) in [6, 6.07) is 3.93. The van der Waals surface area contributed by atoms with Gasteiger partial charge in [0.1, 0.15) is 5.01 Å². The van der Waals surface area contributed by atoms with E-state index in [1.54, 1.807) is 11.3 Å². The van der Waals surface area contributed by atoms with Gasteiger partial charge in [-0.05, 0) is 36.6 Å². The van der Waals surface area contributed by atoms with Crippen LogP contribution in [0.1, 0.15) is 41.7 Å². The van der Waals surface area contributed by atoms with E-state index >= 15 is 0 Å². The summed E-state index contributed by atoms with van der Waals surface area (Å²) in [5.41, 5.74) is 9.91. The summed E-state index contributed by atoms with van der Waals surface area (Å²) >= 11 is 1.63. The molecule has 3 rings (SSSR count). The Morgan fingerprint density at radius 2 is 2.20 bits per heavy atom. The standard InChI is InChI=1S/C19H24N4OS/c1-4-12-8-22-18-14(12)5-13(6-15(18)19(20)24)16-10-25-17(23-16)9-21-7-11(2)3/h5-6,8,10-11,21-22H,4,7,9H2,1-3H3,(H2,20,24). The van der Waals surface area contributed by atoms with Gasteiger partial charge in [0.15, 0.2) is 0 Å². The number of nitrogens with zero attached hydrogens (tertiary/aromatic N) is 1. The Kier molecular flexibility index (Phi) is 5.20. The molecule has 5 nitrogen and oxygen atoms in total. The topological polar surface area (TPSA) is 83.8 Å². The molecule has 0 spiro atoms. The van der Waals surface area contributed by atoms with Crippen molar-refractivity contribution in [3.63, 3.8) is 0 Å². The maximum Gasteiger partial charge on any atom is 0.250 e. The van der Waals surface area contributed by atoms with Crippen LogP contribution < -0.4 is 11.1 Å². The molecule has 0 saturated carbocycles. The van der Waals surface area contributed by atoms with Crippen LogP contribution in [0.3, 0.4) is 0 Å². The first kappa shape index (κ1) is 17.6. The molecule has 0 bridgehead atoms. The van der Waals surface area contributed by atoms with Gasteiger partial charge in [-0.2, -0.15) is 0 Å². The van der Waals surface area contributed by atoms with E-state index in [1.807, 2.05) is 17.6 Å². The number of primary amides is 1.